The Labute approximate surface area is 133 Å². The third-order valence-electron chi connectivity index (χ3n) is 2.94. The Morgan fingerprint density at radius 3 is 2.50 bits per heavy atom. The second-order valence-corrected chi connectivity index (χ2v) is 7.83. The predicted octanol–water partition coefficient (Wildman–Crippen LogP) is 4.16. The molecule has 1 aromatic carbocycles. The maximum atomic E-state index is 11.5. The topological polar surface area (TPSA) is 49.3 Å². The van der Waals surface area contributed by atoms with Gasteiger partial charge in [-0.1, -0.05) is 19.1 Å². The summed E-state index contributed by atoms with van der Waals surface area (Å²) < 4.78 is 1.05. The average Bonchev–Trinajstić information content (AvgIpc) is 2.30. The molecule has 0 aliphatic heterocycles. The van der Waals surface area contributed by atoms with Crippen LogP contribution in [-0.4, -0.2) is 27.9 Å². The first-order valence-electron chi connectivity index (χ1n) is 6.67. The number of rotatable bonds is 7. The molecule has 1 aromatic rings. The van der Waals surface area contributed by atoms with Crippen LogP contribution in [0.25, 0.3) is 0 Å². The van der Waals surface area contributed by atoms with E-state index in [-0.39, 0.29) is 11.3 Å². The van der Waals surface area contributed by atoms with Crippen LogP contribution in [0.5, 0.6) is 0 Å². The highest BCUT2D eigenvalue weighted by molar-refractivity contribution is 9.10. The standard InChI is InChI=1S/C15H22BrNO2S/c1-10(2)17-15(4,14(18)19)9-11(3)20-13-8-6-5-7-12(13)16/h5-8,10-11,17H,9H2,1-4H3,(H,18,19). The highest BCUT2D eigenvalue weighted by Gasteiger charge is 2.35. The van der Waals surface area contributed by atoms with Gasteiger partial charge in [-0.3, -0.25) is 10.1 Å². The van der Waals surface area contributed by atoms with Crippen molar-refractivity contribution in [3.8, 4) is 0 Å². The molecule has 112 valence electrons. The summed E-state index contributed by atoms with van der Waals surface area (Å²) in [5, 5.41) is 12.8. The van der Waals surface area contributed by atoms with Crippen LogP contribution in [0.2, 0.25) is 0 Å². The summed E-state index contributed by atoms with van der Waals surface area (Å²) in [5.74, 6) is -0.800. The number of aliphatic carboxylic acids is 1. The van der Waals surface area contributed by atoms with Gasteiger partial charge in [0.05, 0.1) is 0 Å². The van der Waals surface area contributed by atoms with E-state index < -0.39 is 11.5 Å². The zero-order valence-corrected chi connectivity index (χ0v) is 14.7. The zero-order valence-electron chi connectivity index (χ0n) is 12.3. The van der Waals surface area contributed by atoms with Crippen LogP contribution in [-0.2, 0) is 4.79 Å². The van der Waals surface area contributed by atoms with Crippen LogP contribution in [0, 0.1) is 0 Å². The first-order valence-corrected chi connectivity index (χ1v) is 8.34. The maximum Gasteiger partial charge on any atom is 0.323 e. The molecule has 2 atom stereocenters. The molecule has 0 aliphatic carbocycles. The van der Waals surface area contributed by atoms with Gasteiger partial charge in [0.25, 0.3) is 0 Å². The number of hydrogen-bond donors (Lipinski definition) is 2. The lowest BCUT2D eigenvalue weighted by molar-refractivity contribution is -0.144. The minimum atomic E-state index is -0.901. The number of carboxylic acids is 1. The Balaban J connectivity index is 2.74. The molecule has 0 fully saturated rings. The number of halogens is 1. The van der Waals surface area contributed by atoms with E-state index in [9.17, 15) is 9.90 Å². The lowest BCUT2D eigenvalue weighted by atomic mass is 9.95. The number of benzene rings is 1. The van der Waals surface area contributed by atoms with Crippen molar-refractivity contribution < 1.29 is 9.90 Å². The van der Waals surface area contributed by atoms with Gasteiger partial charge in [0.1, 0.15) is 5.54 Å². The Hall–Kier alpha value is -0.520. The molecular weight excluding hydrogens is 338 g/mol. The summed E-state index contributed by atoms with van der Waals surface area (Å²) in [6.45, 7) is 7.75. The molecule has 0 heterocycles. The lowest BCUT2D eigenvalue weighted by Crippen LogP contribution is -2.53. The quantitative estimate of drug-likeness (QED) is 0.717. The molecule has 0 amide bonds. The normalized spacial score (nSPS) is 15.9. The Kier molecular flexibility index (Phi) is 6.55. The molecule has 0 radical (unpaired) electrons. The van der Waals surface area contributed by atoms with E-state index in [1.165, 1.54) is 0 Å². The van der Waals surface area contributed by atoms with Gasteiger partial charge in [-0.05, 0) is 55.3 Å². The third-order valence-corrected chi connectivity index (χ3v) is 5.07. The van der Waals surface area contributed by atoms with Crippen molar-refractivity contribution in [2.24, 2.45) is 0 Å². The summed E-state index contributed by atoms with van der Waals surface area (Å²) in [5.41, 5.74) is -0.901. The largest absolute Gasteiger partial charge is 0.480 e. The minimum absolute atomic E-state index is 0.136. The van der Waals surface area contributed by atoms with E-state index >= 15 is 0 Å². The first kappa shape index (κ1) is 17.5. The van der Waals surface area contributed by atoms with E-state index in [2.05, 4.69) is 28.2 Å². The Morgan fingerprint density at radius 2 is 2.00 bits per heavy atom. The first-order chi connectivity index (χ1) is 9.24. The monoisotopic (exact) mass is 359 g/mol. The molecular formula is C15H22BrNO2S. The fourth-order valence-corrected chi connectivity index (χ4v) is 3.97. The molecule has 0 aromatic heterocycles. The van der Waals surface area contributed by atoms with Gasteiger partial charge in [-0.25, -0.2) is 0 Å². The molecule has 2 N–H and O–H groups in total. The highest BCUT2D eigenvalue weighted by atomic mass is 79.9. The van der Waals surface area contributed by atoms with Gasteiger partial charge in [0, 0.05) is 20.7 Å². The van der Waals surface area contributed by atoms with Crippen LogP contribution in [0.4, 0.5) is 0 Å². The van der Waals surface area contributed by atoms with Crippen molar-refractivity contribution >= 4 is 33.7 Å². The molecule has 2 unspecified atom stereocenters. The van der Waals surface area contributed by atoms with Crippen LogP contribution in [0.3, 0.4) is 0 Å². The average molecular weight is 360 g/mol. The van der Waals surface area contributed by atoms with Gasteiger partial charge in [0.15, 0.2) is 0 Å². The van der Waals surface area contributed by atoms with Crippen LogP contribution in [0.1, 0.15) is 34.1 Å². The van der Waals surface area contributed by atoms with Crippen molar-refractivity contribution in [3.63, 3.8) is 0 Å². The summed E-state index contributed by atoms with van der Waals surface area (Å²) in [4.78, 5) is 12.7. The summed E-state index contributed by atoms with van der Waals surface area (Å²) >= 11 is 5.21. The summed E-state index contributed by atoms with van der Waals surface area (Å²) in [7, 11) is 0. The van der Waals surface area contributed by atoms with Gasteiger partial charge in [-0.15, -0.1) is 11.8 Å². The number of thioether (sulfide) groups is 1. The molecule has 0 spiro atoms. The fraction of sp³-hybridized carbons (Fsp3) is 0.533. The number of carboxylic acid groups (broad SMARTS) is 1. The second kappa shape index (κ2) is 7.48. The van der Waals surface area contributed by atoms with E-state index in [1.54, 1.807) is 18.7 Å². The Morgan fingerprint density at radius 1 is 1.40 bits per heavy atom. The number of hydrogen-bond acceptors (Lipinski definition) is 3. The van der Waals surface area contributed by atoms with Crippen LogP contribution in [0.15, 0.2) is 33.6 Å². The SMILES string of the molecule is CC(C)NC(C)(CC(C)Sc1ccccc1Br)C(=O)O. The summed E-state index contributed by atoms with van der Waals surface area (Å²) in [6, 6.07) is 8.14. The zero-order chi connectivity index (χ0) is 15.3. The molecule has 5 heteroatoms. The molecule has 0 saturated carbocycles. The molecule has 0 aliphatic rings. The smallest absolute Gasteiger partial charge is 0.323 e. The van der Waals surface area contributed by atoms with Crippen LogP contribution < -0.4 is 5.32 Å². The number of nitrogens with one attached hydrogen (secondary N) is 1. The van der Waals surface area contributed by atoms with Crippen LogP contribution >= 0.6 is 27.7 Å². The van der Waals surface area contributed by atoms with Gasteiger partial charge in [-0.2, -0.15) is 0 Å². The highest BCUT2D eigenvalue weighted by Crippen LogP contribution is 2.33. The van der Waals surface area contributed by atoms with E-state index in [1.807, 2.05) is 38.1 Å². The van der Waals surface area contributed by atoms with Crippen molar-refractivity contribution in [2.45, 2.75) is 55.8 Å². The lowest BCUT2D eigenvalue weighted by Gasteiger charge is -2.31. The van der Waals surface area contributed by atoms with Crippen molar-refractivity contribution in [2.75, 3.05) is 0 Å². The minimum Gasteiger partial charge on any atom is -0.480 e. The molecule has 20 heavy (non-hydrogen) atoms. The fourth-order valence-electron chi connectivity index (χ4n) is 2.22. The van der Waals surface area contributed by atoms with Gasteiger partial charge >= 0.3 is 5.97 Å². The van der Waals surface area contributed by atoms with E-state index in [0.29, 0.717) is 6.42 Å². The van der Waals surface area contributed by atoms with E-state index in [0.717, 1.165) is 9.37 Å². The van der Waals surface area contributed by atoms with Crippen molar-refractivity contribution in [1.29, 1.82) is 0 Å². The third kappa shape index (κ3) is 5.11. The van der Waals surface area contributed by atoms with Gasteiger partial charge in [0.2, 0.25) is 0 Å². The summed E-state index contributed by atoms with van der Waals surface area (Å²) in [6.07, 6.45) is 0.562. The van der Waals surface area contributed by atoms with Crippen molar-refractivity contribution in [3.05, 3.63) is 28.7 Å². The van der Waals surface area contributed by atoms with Gasteiger partial charge < -0.3 is 5.11 Å². The maximum absolute atomic E-state index is 11.5. The second-order valence-electron chi connectivity index (χ2n) is 5.50. The number of carbonyl (C=O) groups is 1. The predicted molar refractivity (Wildman–Crippen MR) is 88.4 cm³/mol. The molecule has 0 bridgehead atoms. The Bertz CT molecular complexity index is 467. The van der Waals surface area contributed by atoms with E-state index in [4.69, 9.17) is 0 Å². The molecule has 0 saturated heterocycles. The van der Waals surface area contributed by atoms with Crippen molar-refractivity contribution in [1.82, 2.24) is 5.32 Å². The molecule has 3 nitrogen and oxygen atoms in total. The molecule has 1 rings (SSSR count).